The van der Waals surface area contributed by atoms with Gasteiger partial charge in [0.15, 0.2) is 0 Å². The zero-order chi connectivity index (χ0) is 12.3. The van der Waals surface area contributed by atoms with Gasteiger partial charge in [-0.15, -0.1) is 0 Å². The zero-order valence-electron chi connectivity index (χ0n) is 9.30. The number of hydrogen-bond donors (Lipinski definition) is 2. The van der Waals surface area contributed by atoms with E-state index >= 15 is 0 Å². The molecule has 0 saturated heterocycles. The highest BCUT2D eigenvalue weighted by Crippen LogP contribution is 2.30. The number of para-hydroxylation sites is 1. The smallest absolute Gasteiger partial charge is 0.225 e. The van der Waals surface area contributed by atoms with Crippen molar-refractivity contribution in [2.24, 2.45) is 0 Å². The molecule has 1 aromatic rings. The fourth-order valence-corrected chi connectivity index (χ4v) is 2.69. The molecule has 3 nitrogen and oxygen atoms in total. The molecular weight excluding hydrogens is 348 g/mol. The number of anilines is 1. The second-order valence-electron chi connectivity index (χ2n) is 4.12. The fraction of sp³-hybridized carbons (Fsp3) is 0.417. The molecule has 0 aliphatic heterocycles. The van der Waals surface area contributed by atoms with Gasteiger partial charge in [-0.25, -0.2) is 0 Å². The molecular formula is C12H14Br2N2O. The van der Waals surface area contributed by atoms with Crippen molar-refractivity contribution in [3.8, 4) is 0 Å². The van der Waals surface area contributed by atoms with E-state index in [1.807, 2.05) is 18.2 Å². The van der Waals surface area contributed by atoms with E-state index in [1.165, 1.54) is 12.8 Å². The molecule has 0 bridgehead atoms. The van der Waals surface area contributed by atoms with Crippen LogP contribution < -0.4 is 10.6 Å². The molecule has 1 aliphatic carbocycles. The van der Waals surface area contributed by atoms with Crippen LogP contribution in [0.2, 0.25) is 0 Å². The molecule has 1 amide bonds. The van der Waals surface area contributed by atoms with E-state index in [2.05, 4.69) is 42.5 Å². The van der Waals surface area contributed by atoms with Crippen molar-refractivity contribution in [2.75, 3.05) is 11.9 Å². The molecule has 0 aromatic heterocycles. The van der Waals surface area contributed by atoms with E-state index < -0.39 is 0 Å². The SMILES string of the molecule is O=C(CCNC1CC1)Nc1c(Br)cccc1Br. The summed E-state index contributed by atoms with van der Waals surface area (Å²) < 4.78 is 1.77. The Bertz CT molecular complexity index is 399. The predicted molar refractivity (Wildman–Crippen MR) is 76.1 cm³/mol. The summed E-state index contributed by atoms with van der Waals surface area (Å²) in [5, 5.41) is 6.22. The molecule has 1 fully saturated rings. The Hall–Kier alpha value is -0.390. The summed E-state index contributed by atoms with van der Waals surface area (Å²) >= 11 is 6.83. The molecule has 0 unspecified atom stereocenters. The number of nitrogens with one attached hydrogen (secondary N) is 2. The summed E-state index contributed by atoms with van der Waals surface area (Å²) in [7, 11) is 0. The number of carbonyl (C=O) groups is 1. The van der Waals surface area contributed by atoms with Crippen LogP contribution in [-0.2, 0) is 4.79 Å². The fourth-order valence-electron chi connectivity index (χ4n) is 1.50. The third-order valence-electron chi connectivity index (χ3n) is 2.59. The maximum atomic E-state index is 11.7. The molecule has 17 heavy (non-hydrogen) atoms. The molecule has 1 aliphatic rings. The van der Waals surface area contributed by atoms with Crippen LogP contribution in [0, 0.1) is 0 Å². The first-order chi connectivity index (χ1) is 8.16. The Kier molecular flexibility index (Phi) is 4.59. The third kappa shape index (κ3) is 4.08. The Morgan fingerprint density at radius 2 is 1.94 bits per heavy atom. The second-order valence-corrected chi connectivity index (χ2v) is 5.83. The maximum Gasteiger partial charge on any atom is 0.225 e. The second kappa shape index (κ2) is 5.98. The highest BCUT2D eigenvalue weighted by molar-refractivity contribution is 9.11. The van der Waals surface area contributed by atoms with Gasteiger partial charge in [-0.05, 0) is 56.8 Å². The first-order valence-electron chi connectivity index (χ1n) is 5.64. The van der Waals surface area contributed by atoms with Gasteiger partial charge in [0.1, 0.15) is 0 Å². The molecule has 92 valence electrons. The molecule has 0 radical (unpaired) electrons. The number of rotatable bonds is 5. The van der Waals surface area contributed by atoms with Crippen LogP contribution in [0.1, 0.15) is 19.3 Å². The summed E-state index contributed by atoms with van der Waals surface area (Å²) in [5.74, 6) is 0.0331. The molecule has 2 rings (SSSR count). The van der Waals surface area contributed by atoms with Gasteiger partial charge in [-0.1, -0.05) is 6.07 Å². The van der Waals surface area contributed by atoms with Crippen LogP contribution in [0.4, 0.5) is 5.69 Å². The molecule has 1 aromatic carbocycles. The lowest BCUT2D eigenvalue weighted by atomic mass is 10.3. The zero-order valence-corrected chi connectivity index (χ0v) is 12.5. The minimum atomic E-state index is 0.0331. The molecule has 0 spiro atoms. The first kappa shape index (κ1) is 13.1. The average molecular weight is 362 g/mol. The number of hydrogen-bond acceptors (Lipinski definition) is 2. The topological polar surface area (TPSA) is 41.1 Å². The van der Waals surface area contributed by atoms with Crippen molar-refractivity contribution in [1.82, 2.24) is 5.32 Å². The van der Waals surface area contributed by atoms with Gasteiger partial charge in [0.05, 0.1) is 5.69 Å². The number of carbonyl (C=O) groups excluding carboxylic acids is 1. The van der Waals surface area contributed by atoms with E-state index in [0.29, 0.717) is 12.5 Å². The standard InChI is InChI=1S/C12H14Br2N2O/c13-9-2-1-3-10(14)12(9)16-11(17)6-7-15-8-4-5-8/h1-3,8,15H,4-7H2,(H,16,17). The van der Waals surface area contributed by atoms with Crippen molar-refractivity contribution in [1.29, 1.82) is 0 Å². The van der Waals surface area contributed by atoms with E-state index in [9.17, 15) is 4.79 Å². The van der Waals surface area contributed by atoms with Crippen molar-refractivity contribution < 1.29 is 4.79 Å². The highest BCUT2D eigenvalue weighted by Gasteiger charge is 2.20. The normalized spacial score (nSPS) is 14.7. The van der Waals surface area contributed by atoms with Gasteiger partial charge in [0, 0.05) is 28.0 Å². The third-order valence-corrected chi connectivity index (χ3v) is 3.91. The minimum absolute atomic E-state index is 0.0331. The predicted octanol–water partition coefficient (Wildman–Crippen LogP) is 3.29. The van der Waals surface area contributed by atoms with Crippen LogP contribution in [0.3, 0.4) is 0 Å². The number of amides is 1. The molecule has 0 heterocycles. The van der Waals surface area contributed by atoms with Crippen LogP contribution in [0.25, 0.3) is 0 Å². The van der Waals surface area contributed by atoms with E-state index in [-0.39, 0.29) is 5.91 Å². The summed E-state index contributed by atoms with van der Waals surface area (Å²) in [6.07, 6.45) is 3.00. The minimum Gasteiger partial charge on any atom is -0.324 e. The molecule has 1 saturated carbocycles. The first-order valence-corrected chi connectivity index (χ1v) is 7.22. The summed E-state index contributed by atoms with van der Waals surface area (Å²) in [5.41, 5.74) is 0.795. The Balaban J connectivity index is 1.84. The number of halogens is 2. The number of benzene rings is 1. The van der Waals surface area contributed by atoms with Crippen molar-refractivity contribution >= 4 is 43.5 Å². The van der Waals surface area contributed by atoms with Crippen LogP contribution in [-0.4, -0.2) is 18.5 Å². The van der Waals surface area contributed by atoms with Gasteiger partial charge in [0.2, 0.25) is 5.91 Å². The monoisotopic (exact) mass is 360 g/mol. The Labute approximate surface area is 118 Å². The summed E-state index contributed by atoms with van der Waals surface area (Å²) in [4.78, 5) is 11.7. The average Bonchev–Trinajstić information content (AvgIpc) is 3.08. The Morgan fingerprint density at radius 1 is 1.29 bits per heavy atom. The largest absolute Gasteiger partial charge is 0.324 e. The Morgan fingerprint density at radius 3 is 2.53 bits per heavy atom. The lowest BCUT2D eigenvalue weighted by molar-refractivity contribution is -0.116. The van der Waals surface area contributed by atoms with Gasteiger partial charge >= 0.3 is 0 Å². The van der Waals surface area contributed by atoms with E-state index in [4.69, 9.17) is 0 Å². The molecule has 2 N–H and O–H groups in total. The van der Waals surface area contributed by atoms with Crippen LogP contribution in [0.5, 0.6) is 0 Å². The highest BCUT2D eigenvalue weighted by atomic mass is 79.9. The molecule has 5 heteroatoms. The van der Waals surface area contributed by atoms with Crippen LogP contribution >= 0.6 is 31.9 Å². The van der Waals surface area contributed by atoms with Crippen molar-refractivity contribution in [3.05, 3.63) is 27.1 Å². The van der Waals surface area contributed by atoms with Crippen LogP contribution in [0.15, 0.2) is 27.1 Å². The van der Waals surface area contributed by atoms with Gasteiger partial charge in [-0.2, -0.15) is 0 Å². The summed E-state index contributed by atoms with van der Waals surface area (Å²) in [6, 6.07) is 6.38. The quantitative estimate of drug-likeness (QED) is 0.844. The van der Waals surface area contributed by atoms with Gasteiger partial charge in [-0.3, -0.25) is 4.79 Å². The van der Waals surface area contributed by atoms with E-state index in [0.717, 1.165) is 21.2 Å². The lowest BCUT2D eigenvalue weighted by Crippen LogP contribution is -2.23. The van der Waals surface area contributed by atoms with Gasteiger partial charge in [0.25, 0.3) is 0 Å². The van der Waals surface area contributed by atoms with Crippen molar-refractivity contribution in [3.63, 3.8) is 0 Å². The lowest BCUT2D eigenvalue weighted by Gasteiger charge is -2.09. The maximum absolute atomic E-state index is 11.7. The van der Waals surface area contributed by atoms with Crippen molar-refractivity contribution in [2.45, 2.75) is 25.3 Å². The molecule has 0 atom stereocenters. The summed E-state index contributed by atoms with van der Waals surface area (Å²) in [6.45, 7) is 0.749. The van der Waals surface area contributed by atoms with Gasteiger partial charge < -0.3 is 10.6 Å². The van der Waals surface area contributed by atoms with E-state index in [1.54, 1.807) is 0 Å².